The van der Waals surface area contributed by atoms with Crippen LogP contribution in [0, 0.1) is 0 Å². The topological polar surface area (TPSA) is 18.5 Å². The zero-order valence-electron chi connectivity index (χ0n) is 14.3. The molecule has 2 aromatic carbocycles. The second-order valence-corrected chi connectivity index (χ2v) is 5.28. The number of ether oxygens (including phenoxy) is 2. The Morgan fingerprint density at radius 3 is 1.80 bits per heavy atom. The third-order valence-corrected chi connectivity index (χ3v) is 3.66. The number of halogens is 1. The molecule has 0 amide bonds. The molecule has 0 spiro atoms. The summed E-state index contributed by atoms with van der Waals surface area (Å²) < 4.78 is 11.4. The van der Waals surface area contributed by atoms with Gasteiger partial charge in [0.1, 0.15) is 11.5 Å². The summed E-state index contributed by atoms with van der Waals surface area (Å²) in [7, 11) is 1.69. The molecule has 0 heterocycles. The van der Waals surface area contributed by atoms with Gasteiger partial charge in [-0.1, -0.05) is 31.7 Å². The molecule has 0 saturated heterocycles. The van der Waals surface area contributed by atoms with E-state index in [-0.39, 0.29) is 24.4 Å². The Hall–Kier alpha value is -2.00. The lowest BCUT2D eigenvalue weighted by molar-refractivity contribution is -0.00000589. The third kappa shape index (κ3) is 5.79. The summed E-state index contributed by atoms with van der Waals surface area (Å²) in [5.41, 5.74) is 4.50. The summed E-state index contributed by atoms with van der Waals surface area (Å²) >= 11 is 0. The molecule has 2 aromatic rings. The molecule has 0 atom stereocenters. The van der Waals surface area contributed by atoms with Crippen LogP contribution in [0.15, 0.2) is 61.7 Å². The van der Waals surface area contributed by atoms with E-state index in [4.69, 9.17) is 9.47 Å². The minimum absolute atomic E-state index is 0. The van der Waals surface area contributed by atoms with Gasteiger partial charge in [0.15, 0.2) is 0 Å². The average Bonchev–Trinajstić information content (AvgIpc) is 2.57. The number of allylic oxidation sites excluding steroid dienone is 2. The summed E-state index contributed by atoms with van der Waals surface area (Å²) in [6.07, 6.45) is 5.47. The van der Waals surface area contributed by atoms with Crippen LogP contribution in [-0.4, -0.2) is 13.7 Å². The van der Waals surface area contributed by atoms with Gasteiger partial charge in [0.25, 0.3) is 0 Å². The van der Waals surface area contributed by atoms with Gasteiger partial charge in [-0.3, -0.25) is 0 Å². The Bertz CT molecular complexity index is 692. The fourth-order valence-electron chi connectivity index (χ4n) is 2.62. The molecular weight excluding hydrogens is 376 g/mol. The van der Waals surface area contributed by atoms with Gasteiger partial charge < -0.3 is 26.5 Å². The predicted octanol–water partition coefficient (Wildman–Crippen LogP) is 2.86. The second-order valence-electron chi connectivity index (χ2n) is 5.28. The molecule has 25 heavy (non-hydrogen) atoms. The third-order valence-electron chi connectivity index (χ3n) is 3.66. The van der Waals surface area contributed by atoms with E-state index in [0.29, 0.717) is 6.61 Å². The number of hydrogen-bond acceptors (Lipinski definition) is 2. The molecule has 0 aliphatic carbocycles. The van der Waals surface area contributed by atoms with Gasteiger partial charge in [0.2, 0.25) is 0 Å². The van der Waals surface area contributed by atoms with Crippen LogP contribution in [-0.2, 0) is 12.8 Å². The highest BCUT2D eigenvalue weighted by Crippen LogP contribution is 2.38. The predicted molar refractivity (Wildman–Crippen MR) is 104 cm³/mol. The standard InChI is InChI=1S/C21H24O2.CH4.BrH/c1-5-8-16-10-12-20(22-4)18(14-16)19-15-17(9-6-2)11-13-21(19)23-7-3;;/h5-6,10-15H,1-2,7-9H2,3-4H3;1H4;1H/p-1. The van der Waals surface area contributed by atoms with Gasteiger partial charge in [-0.05, 0) is 55.2 Å². The number of rotatable bonds is 8. The van der Waals surface area contributed by atoms with Crippen molar-refractivity contribution in [2.45, 2.75) is 27.2 Å². The van der Waals surface area contributed by atoms with Crippen molar-refractivity contribution in [2.75, 3.05) is 13.7 Å². The molecule has 0 aliphatic rings. The molecule has 3 heteroatoms. The van der Waals surface area contributed by atoms with Crippen molar-refractivity contribution in [1.29, 1.82) is 0 Å². The summed E-state index contributed by atoms with van der Waals surface area (Å²) in [6, 6.07) is 12.5. The lowest BCUT2D eigenvalue weighted by Crippen LogP contribution is -3.00. The summed E-state index contributed by atoms with van der Waals surface area (Å²) in [5.74, 6) is 1.71. The first kappa shape index (κ1) is 23.0. The van der Waals surface area contributed by atoms with E-state index < -0.39 is 0 Å². The first-order valence-electron chi connectivity index (χ1n) is 7.88. The lowest BCUT2D eigenvalue weighted by Gasteiger charge is -2.16. The summed E-state index contributed by atoms with van der Waals surface area (Å²) in [5, 5.41) is 0. The lowest BCUT2D eigenvalue weighted by atomic mass is 9.97. The van der Waals surface area contributed by atoms with Crippen LogP contribution in [0.4, 0.5) is 0 Å². The maximum Gasteiger partial charge on any atom is 0.127 e. The molecule has 0 bridgehead atoms. The molecule has 0 saturated carbocycles. The largest absolute Gasteiger partial charge is 1.00 e. The van der Waals surface area contributed by atoms with Crippen LogP contribution < -0.4 is 26.5 Å². The minimum atomic E-state index is 0. The highest BCUT2D eigenvalue weighted by Gasteiger charge is 2.13. The van der Waals surface area contributed by atoms with Gasteiger partial charge in [-0.25, -0.2) is 0 Å². The molecule has 0 unspecified atom stereocenters. The van der Waals surface area contributed by atoms with Crippen LogP contribution in [0.25, 0.3) is 11.1 Å². The van der Waals surface area contributed by atoms with E-state index in [9.17, 15) is 0 Å². The first-order chi connectivity index (χ1) is 11.2. The summed E-state index contributed by atoms with van der Waals surface area (Å²) in [6.45, 7) is 10.3. The van der Waals surface area contributed by atoms with Crippen molar-refractivity contribution >= 4 is 0 Å². The monoisotopic (exact) mass is 403 g/mol. The van der Waals surface area contributed by atoms with Crippen molar-refractivity contribution in [3.05, 3.63) is 72.8 Å². The number of hydrogen-bond donors (Lipinski definition) is 0. The smallest absolute Gasteiger partial charge is 0.127 e. The Morgan fingerprint density at radius 1 is 0.880 bits per heavy atom. The van der Waals surface area contributed by atoms with Gasteiger partial charge in [0, 0.05) is 11.1 Å². The maximum atomic E-state index is 5.82. The molecule has 0 N–H and O–H groups in total. The molecule has 0 aromatic heterocycles. The molecule has 2 nitrogen and oxygen atoms in total. The SMILES string of the molecule is C.C=CCc1ccc(OC)c(-c2cc(CC=C)ccc2OCC)c1.[Br-]. The maximum absolute atomic E-state index is 5.82. The number of methoxy groups -OCH3 is 1. The average molecular weight is 404 g/mol. The van der Waals surface area contributed by atoms with Crippen molar-refractivity contribution in [3.63, 3.8) is 0 Å². The zero-order valence-corrected chi connectivity index (χ0v) is 15.9. The van der Waals surface area contributed by atoms with Gasteiger partial charge in [-0.2, -0.15) is 0 Å². The molecule has 0 radical (unpaired) electrons. The minimum Gasteiger partial charge on any atom is -1.00 e. The van der Waals surface area contributed by atoms with Gasteiger partial charge in [0.05, 0.1) is 13.7 Å². The van der Waals surface area contributed by atoms with Crippen LogP contribution in [0.1, 0.15) is 25.5 Å². The van der Waals surface area contributed by atoms with E-state index in [0.717, 1.165) is 35.5 Å². The normalized spacial score (nSPS) is 9.36. The Kier molecular flexibility index (Phi) is 10.6. The fraction of sp³-hybridized carbons (Fsp3) is 0.273. The fourth-order valence-corrected chi connectivity index (χ4v) is 2.62. The van der Waals surface area contributed by atoms with Crippen LogP contribution in [0.5, 0.6) is 11.5 Å². The van der Waals surface area contributed by atoms with Crippen molar-refractivity contribution in [1.82, 2.24) is 0 Å². The van der Waals surface area contributed by atoms with Crippen LogP contribution in [0.3, 0.4) is 0 Å². The van der Waals surface area contributed by atoms with Crippen molar-refractivity contribution < 1.29 is 26.5 Å². The van der Waals surface area contributed by atoms with E-state index in [2.05, 4.69) is 37.4 Å². The van der Waals surface area contributed by atoms with Crippen LogP contribution >= 0.6 is 0 Å². The van der Waals surface area contributed by atoms with Gasteiger partial charge in [-0.15, -0.1) is 13.2 Å². The van der Waals surface area contributed by atoms with E-state index >= 15 is 0 Å². The van der Waals surface area contributed by atoms with Crippen molar-refractivity contribution in [2.24, 2.45) is 0 Å². The van der Waals surface area contributed by atoms with Crippen molar-refractivity contribution in [3.8, 4) is 22.6 Å². The molecule has 0 aliphatic heterocycles. The Balaban J connectivity index is 0.00000288. The van der Waals surface area contributed by atoms with E-state index in [1.807, 2.05) is 31.2 Å². The molecule has 0 fully saturated rings. The molecular formula is C22H28BrO2-. The van der Waals surface area contributed by atoms with E-state index in [1.54, 1.807) is 7.11 Å². The van der Waals surface area contributed by atoms with Gasteiger partial charge >= 0.3 is 0 Å². The van der Waals surface area contributed by atoms with Crippen LogP contribution in [0.2, 0.25) is 0 Å². The highest BCUT2D eigenvalue weighted by atomic mass is 79.9. The highest BCUT2D eigenvalue weighted by molar-refractivity contribution is 5.77. The first-order valence-corrected chi connectivity index (χ1v) is 7.88. The molecule has 2 rings (SSSR count). The summed E-state index contributed by atoms with van der Waals surface area (Å²) in [4.78, 5) is 0. The zero-order chi connectivity index (χ0) is 16.7. The second kappa shape index (κ2) is 11.5. The van der Waals surface area contributed by atoms with E-state index in [1.165, 1.54) is 11.1 Å². The quantitative estimate of drug-likeness (QED) is 0.630. The number of benzene rings is 2. The Labute approximate surface area is 163 Å². The molecule has 136 valence electrons. The Morgan fingerprint density at radius 2 is 1.36 bits per heavy atom.